The third-order valence-corrected chi connectivity index (χ3v) is 5.35. The summed E-state index contributed by atoms with van der Waals surface area (Å²) in [5.41, 5.74) is 0.240. The van der Waals surface area contributed by atoms with Gasteiger partial charge in [-0.05, 0) is 42.8 Å². The Kier molecular flexibility index (Phi) is 12.1. The lowest BCUT2D eigenvalue weighted by molar-refractivity contribution is -0.170. The van der Waals surface area contributed by atoms with Crippen LogP contribution < -0.4 is 0 Å². The zero-order valence-electron chi connectivity index (χ0n) is 21.3. The first-order chi connectivity index (χ1) is 18.5. The molecule has 0 fully saturated rings. The summed E-state index contributed by atoms with van der Waals surface area (Å²) in [4.78, 5) is 37.2. The third-order valence-electron chi connectivity index (χ3n) is 5.35. The highest BCUT2D eigenvalue weighted by atomic mass is 19.1. The van der Waals surface area contributed by atoms with Crippen molar-refractivity contribution in [2.75, 3.05) is 20.3 Å². The van der Waals surface area contributed by atoms with E-state index in [0.29, 0.717) is 0 Å². The van der Waals surface area contributed by atoms with Gasteiger partial charge in [0.05, 0.1) is 30.4 Å². The van der Waals surface area contributed by atoms with Crippen molar-refractivity contribution in [3.63, 3.8) is 0 Å². The first kappa shape index (κ1) is 31.0. The summed E-state index contributed by atoms with van der Waals surface area (Å²) in [5, 5.41) is 38.2. The van der Waals surface area contributed by atoms with Gasteiger partial charge in [0.1, 0.15) is 5.82 Å². The molecule has 2 heterocycles. The summed E-state index contributed by atoms with van der Waals surface area (Å²) in [6.45, 7) is 3.17. The van der Waals surface area contributed by atoms with Gasteiger partial charge in [-0.15, -0.1) is 0 Å². The van der Waals surface area contributed by atoms with Gasteiger partial charge in [0.25, 0.3) is 0 Å². The molecule has 1 aromatic carbocycles. The number of aromatic nitrogens is 3. The van der Waals surface area contributed by atoms with Crippen LogP contribution in [0.5, 0.6) is 0 Å². The van der Waals surface area contributed by atoms with Gasteiger partial charge in [0.15, 0.2) is 5.60 Å². The average Bonchev–Trinajstić information content (AvgIpc) is 3.33. The van der Waals surface area contributed by atoms with E-state index in [1.807, 2.05) is 36.8 Å². The minimum Gasteiger partial charge on any atom is -0.481 e. The number of halogens is 1. The van der Waals surface area contributed by atoms with E-state index >= 15 is 0 Å². The van der Waals surface area contributed by atoms with Gasteiger partial charge in [-0.25, -0.2) is 13.9 Å². The SMILES string of the molecule is COCCCN(Cc1cnn(-c2ccc(F)cc2)c1)Cc1ccccn1.O=C(O)CC(O)(CC(=O)O)C(=O)O. The second-order valence-corrected chi connectivity index (χ2v) is 8.63. The maximum atomic E-state index is 13.1. The number of pyridine rings is 1. The second-order valence-electron chi connectivity index (χ2n) is 8.63. The van der Waals surface area contributed by atoms with Crippen molar-refractivity contribution in [1.29, 1.82) is 0 Å². The Morgan fingerprint density at radius 1 is 1.03 bits per heavy atom. The fourth-order valence-corrected chi connectivity index (χ4v) is 3.52. The van der Waals surface area contributed by atoms with Crippen molar-refractivity contribution in [2.24, 2.45) is 0 Å². The number of hydrogen-bond donors (Lipinski definition) is 4. The van der Waals surface area contributed by atoms with Crippen LogP contribution in [0.25, 0.3) is 5.69 Å². The van der Waals surface area contributed by atoms with Crippen LogP contribution in [-0.2, 0) is 32.2 Å². The summed E-state index contributed by atoms with van der Waals surface area (Å²) in [5.74, 6) is -5.27. The Hall–Kier alpha value is -4.20. The van der Waals surface area contributed by atoms with Crippen LogP contribution in [-0.4, -0.2) is 83.9 Å². The zero-order chi connectivity index (χ0) is 28.8. The first-order valence-electron chi connectivity index (χ1n) is 11.8. The number of aliphatic carboxylic acids is 3. The number of carboxylic acids is 3. The number of hydrogen-bond acceptors (Lipinski definition) is 8. The number of rotatable bonds is 14. The van der Waals surface area contributed by atoms with E-state index in [4.69, 9.17) is 25.2 Å². The molecule has 0 atom stereocenters. The van der Waals surface area contributed by atoms with Gasteiger partial charge in [-0.2, -0.15) is 5.10 Å². The van der Waals surface area contributed by atoms with Crippen molar-refractivity contribution in [2.45, 2.75) is 38.0 Å². The van der Waals surface area contributed by atoms with Crippen molar-refractivity contribution in [1.82, 2.24) is 19.7 Å². The van der Waals surface area contributed by atoms with E-state index in [1.54, 1.807) is 23.9 Å². The molecule has 0 amide bonds. The number of ether oxygens (including phenoxy) is 1. The van der Waals surface area contributed by atoms with Gasteiger partial charge >= 0.3 is 17.9 Å². The fourth-order valence-electron chi connectivity index (χ4n) is 3.52. The van der Waals surface area contributed by atoms with Gasteiger partial charge in [-0.3, -0.25) is 19.5 Å². The maximum Gasteiger partial charge on any atom is 0.336 e. The number of aliphatic hydroxyl groups is 1. The first-order valence-corrected chi connectivity index (χ1v) is 11.8. The molecule has 3 aromatic rings. The molecular weight excluding hydrogens is 515 g/mol. The minimum absolute atomic E-state index is 0.249. The van der Waals surface area contributed by atoms with Crippen LogP contribution in [0.15, 0.2) is 61.1 Å². The second kappa shape index (κ2) is 15.3. The van der Waals surface area contributed by atoms with E-state index in [-0.39, 0.29) is 5.82 Å². The molecule has 0 aliphatic rings. The minimum atomic E-state index is -2.74. The highest BCUT2D eigenvalue weighted by Crippen LogP contribution is 2.16. The van der Waals surface area contributed by atoms with Crippen molar-refractivity contribution in [3.05, 3.63) is 78.1 Å². The van der Waals surface area contributed by atoms with Crippen LogP contribution in [0.2, 0.25) is 0 Å². The van der Waals surface area contributed by atoms with E-state index < -0.39 is 36.4 Å². The molecule has 0 unspecified atom stereocenters. The molecule has 0 radical (unpaired) electrons. The summed E-state index contributed by atoms with van der Waals surface area (Å²) in [6, 6.07) is 12.3. The lowest BCUT2D eigenvalue weighted by Gasteiger charge is -2.21. The quantitative estimate of drug-likeness (QED) is 0.218. The topological polar surface area (TPSA) is 175 Å². The van der Waals surface area contributed by atoms with E-state index in [0.717, 1.165) is 49.6 Å². The smallest absolute Gasteiger partial charge is 0.336 e. The number of benzene rings is 1. The highest BCUT2D eigenvalue weighted by Gasteiger charge is 2.40. The fraction of sp³-hybridized carbons (Fsp3) is 0.346. The van der Waals surface area contributed by atoms with Crippen molar-refractivity contribution >= 4 is 17.9 Å². The number of carboxylic acid groups (broad SMARTS) is 3. The molecule has 12 nitrogen and oxygen atoms in total. The standard InChI is InChI=1S/C20H23FN4O.C6H8O7/c1-26-12-4-11-24(16-19-5-2-3-10-22-19)14-17-13-23-25(15-17)20-8-6-18(21)7-9-20;7-3(8)1-6(13,5(11)12)2-4(9)10/h2-3,5-10,13,15H,4,11-12,14,16H2,1H3;13H,1-2H2,(H,7,8)(H,9,10)(H,11,12). The molecule has 3 rings (SSSR count). The molecule has 0 aliphatic heterocycles. The van der Waals surface area contributed by atoms with Crippen LogP contribution in [0.4, 0.5) is 4.39 Å². The predicted octanol–water partition coefficient (Wildman–Crippen LogP) is 2.20. The molecule has 0 spiro atoms. The van der Waals surface area contributed by atoms with Gasteiger partial charge in [0.2, 0.25) is 0 Å². The number of nitrogens with zero attached hydrogens (tertiary/aromatic N) is 4. The lowest BCUT2D eigenvalue weighted by Crippen LogP contribution is -2.42. The van der Waals surface area contributed by atoms with Gasteiger partial charge in [-0.1, -0.05) is 6.07 Å². The largest absolute Gasteiger partial charge is 0.481 e. The Labute approximate surface area is 223 Å². The molecule has 39 heavy (non-hydrogen) atoms. The number of carbonyl (C=O) groups is 3. The molecule has 0 saturated carbocycles. The Morgan fingerprint density at radius 3 is 2.23 bits per heavy atom. The van der Waals surface area contributed by atoms with E-state index in [1.165, 1.54) is 12.1 Å². The van der Waals surface area contributed by atoms with Crippen LogP contribution >= 0.6 is 0 Å². The molecule has 0 bridgehead atoms. The lowest BCUT2D eigenvalue weighted by atomic mass is 9.96. The summed E-state index contributed by atoms with van der Waals surface area (Å²) < 4.78 is 20.0. The maximum absolute atomic E-state index is 13.1. The number of methoxy groups -OCH3 is 1. The molecule has 0 saturated heterocycles. The molecule has 2 aromatic heterocycles. The Balaban J connectivity index is 0.000000349. The van der Waals surface area contributed by atoms with Gasteiger partial charge < -0.3 is 25.2 Å². The Bertz CT molecular complexity index is 1190. The third kappa shape index (κ3) is 11.0. The average molecular weight is 547 g/mol. The molecule has 0 aliphatic carbocycles. The monoisotopic (exact) mass is 546 g/mol. The molecule has 4 N–H and O–H groups in total. The molecule has 210 valence electrons. The van der Waals surface area contributed by atoms with Gasteiger partial charge in [0, 0.05) is 51.3 Å². The van der Waals surface area contributed by atoms with Crippen LogP contribution in [0.3, 0.4) is 0 Å². The van der Waals surface area contributed by atoms with Crippen LogP contribution in [0.1, 0.15) is 30.5 Å². The predicted molar refractivity (Wildman–Crippen MR) is 135 cm³/mol. The normalized spacial score (nSPS) is 11.1. The zero-order valence-corrected chi connectivity index (χ0v) is 21.3. The van der Waals surface area contributed by atoms with Crippen LogP contribution in [0, 0.1) is 5.82 Å². The summed E-state index contributed by atoms with van der Waals surface area (Å²) >= 11 is 0. The van der Waals surface area contributed by atoms with Crippen molar-refractivity contribution in [3.8, 4) is 5.69 Å². The Morgan fingerprint density at radius 2 is 1.69 bits per heavy atom. The molecule has 13 heteroatoms. The van der Waals surface area contributed by atoms with E-state index in [2.05, 4.69) is 15.0 Å². The molecular formula is C26H31FN4O8. The summed E-state index contributed by atoms with van der Waals surface area (Å²) in [7, 11) is 1.72. The summed E-state index contributed by atoms with van der Waals surface area (Å²) in [6.07, 6.45) is 4.31. The van der Waals surface area contributed by atoms with Crippen molar-refractivity contribution < 1.29 is 43.9 Å². The van der Waals surface area contributed by atoms with E-state index in [9.17, 15) is 18.8 Å². The highest BCUT2D eigenvalue weighted by molar-refractivity contribution is 5.88.